The molecule has 192 valence electrons. The number of benzene rings is 2. The summed E-state index contributed by atoms with van der Waals surface area (Å²) in [7, 11) is 1.27. The molecule has 3 rings (SSSR count). The fourth-order valence-electron chi connectivity index (χ4n) is 3.26. The van der Waals surface area contributed by atoms with E-state index < -0.39 is 28.7 Å². The lowest BCUT2D eigenvalue weighted by atomic mass is 10.1. The number of ether oxygens (including phenoxy) is 1. The fraction of sp³-hybridized carbons (Fsp3) is 0.192. The number of rotatable bonds is 11. The Morgan fingerprint density at radius 3 is 2.41 bits per heavy atom. The summed E-state index contributed by atoms with van der Waals surface area (Å²) in [6, 6.07) is 14.8. The summed E-state index contributed by atoms with van der Waals surface area (Å²) in [6.45, 7) is 0. The first-order valence-corrected chi connectivity index (χ1v) is 12.5. The average molecular weight is 524 g/mol. The molecule has 2 amide bonds. The molecule has 11 heteroatoms. The number of hydrogen-bond donors (Lipinski definition) is 2. The van der Waals surface area contributed by atoms with Crippen LogP contribution in [0.1, 0.15) is 22.5 Å². The Bertz CT molecular complexity index is 1280. The molecular weight excluding hydrogens is 498 g/mol. The van der Waals surface area contributed by atoms with Crippen LogP contribution in [0.2, 0.25) is 0 Å². The van der Waals surface area contributed by atoms with Crippen molar-refractivity contribution in [2.24, 2.45) is 0 Å². The third-order valence-corrected chi connectivity index (χ3v) is 5.85. The molecule has 1 heterocycles. The van der Waals surface area contributed by atoms with Crippen molar-refractivity contribution in [1.29, 1.82) is 0 Å². The van der Waals surface area contributed by atoms with E-state index in [2.05, 4.69) is 10.6 Å². The lowest BCUT2D eigenvalue weighted by molar-refractivity contribution is -0.384. The first kappa shape index (κ1) is 27.2. The van der Waals surface area contributed by atoms with E-state index in [4.69, 9.17) is 9.15 Å². The number of anilines is 1. The molecule has 0 aliphatic carbocycles. The third-order valence-electron chi connectivity index (χ3n) is 5.20. The molecule has 0 fully saturated rings. The van der Waals surface area contributed by atoms with Crippen LogP contribution in [0.4, 0.5) is 11.4 Å². The standard InChI is InChI=1S/C26H25N3O7S/c1-35-26(32)22(15-16-37-2)28-25(31)18-3-7-19(8-4-18)27-24(30)14-12-21-11-13-23(36-21)17-5-9-20(10-6-17)29(33)34/h3-14,22H,15-16H2,1-2H3,(H,27,30)(H,28,31)/b14-12+/t22-/m0/s1. The molecule has 0 saturated carbocycles. The molecule has 1 aromatic heterocycles. The minimum atomic E-state index is -0.739. The van der Waals surface area contributed by atoms with Crippen molar-refractivity contribution in [2.75, 3.05) is 24.4 Å². The van der Waals surface area contributed by atoms with E-state index in [0.29, 0.717) is 40.5 Å². The molecule has 0 saturated heterocycles. The number of nitrogens with one attached hydrogen (secondary N) is 2. The van der Waals surface area contributed by atoms with Crippen LogP contribution in [-0.4, -0.2) is 47.9 Å². The van der Waals surface area contributed by atoms with E-state index in [0.717, 1.165) is 0 Å². The highest BCUT2D eigenvalue weighted by molar-refractivity contribution is 7.98. The number of carbonyl (C=O) groups excluding carboxylic acids is 3. The van der Waals surface area contributed by atoms with Crippen molar-refractivity contribution in [1.82, 2.24) is 5.32 Å². The van der Waals surface area contributed by atoms with E-state index >= 15 is 0 Å². The zero-order chi connectivity index (χ0) is 26.8. The van der Waals surface area contributed by atoms with Gasteiger partial charge in [-0.3, -0.25) is 19.7 Å². The molecule has 0 aliphatic heterocycles. The minimum Gasteiger partial charge on any atom is -0.467 e. The van der Waals surface area contributed by atoms with Gasteiger partial charge in [-0.1, -0.05) is 0 Å². The Morgan fingerprint density at radius 1 is 1.08 bits per heavy atom. The molecule has 2 N–H and O–H groups in total. The summed E-state index contributed by atoms with van der Waals surface area (Å²) in [5, 5.41) is 16.1. The Labute approximate surface area is 217 Å². The van der Waals surface area contributed by atoms with Crippen LogP contribution in [0.5, 0.6) is 0 Å². The van der Waals surface area contributed by atoms with Gasteiger partial charge in [-0.15, -0.1) is 0 Å². The maximum Gasteiger partial charge on any atom is 0.328 e. The van der Waals surface area contributed by atoms with Crippen molar-refractivity contribution in [3.8, 4) is 11.3 Å². The number of hydrogen-bond acceptors (Lipinski definition) is 8. The van der Waals surface area contributed by atoms with E-state index in [1.54, 1.807) is 60.3 Å². The number of methoxy groups -OCH3 is 1. The second-order valence-electron chi connectivity index (χ2n) is 7.74. The van der Waals surface area contributed by atoms with Crippen LogP contribution in [0, 0.1) is 10.1 Å². The number of non-ortho nitro benzene ring substituents is 1. The van der Waals surface area contributed by atoms with Gasteiger partial charge in [-0.25, -0.2) is 4.79 Å². The second-order valence-corrected chi connectivity index (χ2v) is 8.72. The van der Waals surface area contributed by atoms with Crippen LogP contribution in [0.25, 0.3) is 17.4 Å². The Kier molecular flexibility index (Phi) is 9.61. The minimum absolute atomic E-state index is 0.0164. The maximum atomic E-state index is 12.5. The van der Waals surface area contributed by atoms with E-state index in [1.807, 2.05) is 6.26 Å². The zero-order valence-corrected chi connectivity index (χ0v) is 20.9. The van der Waals surface area contributed by atoms with Gasteiger partial charge in [-0.2, -0.15) is 11.8 Å². The monoisotopic (exact) mass is 523 g/mol. The summed E-state index contributed by atoms with van der Waals surface area (Å²) in [5.74, 6) is 0.289. The molecule has 1 atom stereocenters. The lowest BCUT2D eigenvalue weighted by Gasteiger charge is -2.16. The molecule has 3 aromatic rings. The largest absolute Gasteiger partial charge is 0.467 e. The summed E-state index contributed by atoms with van der Waals surface area (Å²) in [5.41, 5.74) is 1.46. The van der Waals surface area contributed by atoms with Crippen molar-refractivity contribution in [2.45, 2.75) is 12.5 Å². The van der Waals surface area contributed by atoms with Crippen LogP contribution in [-0.2, 0) is 14.3 Å². The first-order chi connectivity index (χ1) is 17.8. The van der Waals surface area contributed by atoms with Gasteiger partial charge < -0.3 is 19.8 Å². The number of amides is 2. The third kappa shape index (κ3) is 7.80. The van der Waals surface area contributed by atoms with Crippen molar-refractivity contribution in [3.63, 3.8) is 0 Å². The Balaban J connectivity index is 1.56. The predicted molar refractivity (Wildman–Crippen MR) is 141 cm³/mol. The summed E-state index contributed by atoms with van der Waals surface area (Å²) < 4.78 is 10.4. The lowest BCUT2D eigenvalue weighted by Crippen LogP contribution is -2.41. The topological polar surface area (TPSA) is 141 Å². The SMILES string of the molecule is COC(=O)[C@H](CCSC)NC(=O)c1ccc(NC(=O)/C=C/c2ccc(-c3ccc([N+](=O)[O-])cc3)o2)cc1. The van der Waals surface area contributed by atoms with Crippen LogP contribution >= 0.6 is 11.8 Å². The summed E-state index contributed by atoms with van der Waals surface area (Å²) in [4.78, 5) is 47.0. The molecule has 0 radical (unpaired) electrons. The molecule has 37 heavy (non-hydrogen) atoms. The van der Waals surface area contributed by atoms with Crippen molar-refractivity contribution in [3.05, 3.63) is 88.2 Å². The van der Waals surface area contributed by atoms with Crippen LogP contribution < -0.4 is 10.6 Å². The second kappa shape index (κ2) is 13.1. The van der Waals surface area contributed by atoms with Gasteiger partial charge in [0.2, 0.25) is 5.91 Å². The quantitative estimate of drug-likeness (QED) is 0.162. The molecular formula is C26H25N3O7S. The number of carbonyl (C=O) groups is 3. The first-order valence-electron chi connectivity index (χ1n) is 11.1. The number of nitro groups is 1. The maximum absolute atomic E-state index is 12.5. The van der Waals surface area contributed by atoms with Gasteiger partial charge in [0.15, 0.2) is 0 Å². The molecule has 2 aromatic carbocycles. The smallest absolute Gasteiger partial charge is 0.328 e. The van der Waals surface area contributed by atoms with E-state index in [1.165, 1.54) is 31.4 Å². The van der Waals surface area contributed by atoms with E-state index in [9.17, 15) is 24.5 Å². The molecule has 10 nitrogen and oxygen atoms in total. The van der Waals surface area contributed by atoms with Crippen LogP contribution in [0.3, 0.4) is 0 Å². The number of thioether (sulfide) groups is 1. The number of esters is 1. The Hall–Kier alpha value is -4.38. The van der Waals surface area contributed by atoms with Crippen LogP contribution in [0.15, 0.2) is 71.2 Å². The predicted octanol–water partition coefficient (Wildman–Crippen LogP) is 4.53. The Morgan fingerprint density at radius 2 is 1.78 bits per heavy atom. The highest BCUT2D eigenvalue weighted by Crippen LogP contribution is 2.25. The van der Waals surface area contributed by atoms with Gasteiger partial charge in [0.25, 0.3) is 11.6 Å². The van der Waals surface area contributed by atoms with Gasteiger partial charge in [0.1, 0.15) is 17.6 Å². The van der Waals surface area contributed by atoms with Gasteiger partial charge in [0, 0.05) is 35.0 Å². The highest BCUT2D eigenvalue weighted by atomic mass is 32.2. The van der Waals surface area contributed by atoms with Gasteiger partial charge in [0.05, 0.1) is 12.0 Å². The van der Waals surface area contributed by atoms with Crippen molar-refractivity contribution >= 4 is 47.0 Å². The molecule has 0 bridgehead atoms. The summed E-state index contributed by atoms with van der Waals surface area (Å²) in [6.07, 6.45) is 5.15. The summed E-state index contributed by atoms with van der Waals surface area (Å²) >= 11 is 1.56. The fourth-order valence-corrected chi connectivity index (χ4v) is 3.73. The molecule has 0 unspecified atom stereocenters. The zero-order valence-electron chi connectivity index (χ0n) is 20.1. The van der Waals surface area contributed by atoms with E-state index in [-0.39, 0.29) is 5.69 Å². The molecule has 0 spiro atoms. The van der Waals surface area contributed by atoms with Crippen molar-refractivity contribution < 1.29 is 28.5 Å². The van der Waals surface area contributed by atoms with Gasteiger partial charge in [-0.05, 0) is 73.0 Å². The average Bonchev–Trinajstić information content (AvgIpc) is 3.39. The highest BCUT2D eigenvalue weighted by Gasteiger charge is 2.21. The molecule has 0 aliphatic rings. The number of nitrogens with zero attached hydrogens (tertiary/aromatic N) is 1. The number of nitro benzene ring substituents is 1. The number of furan rings is 1. The van der Waals surface area contributed by atoms with Gasteiger partial charge >= 0.3 is 5.97 Å². The normalized spacial score (nSPS) is 11.6.